The van der Waals surface area contributed by atoms with Crippen molar-refractivity contribution in [2.45, 2.75) is 130 Å². The van der Waals surface area contributed by atoms with E-state index in [4.69, 9.17) is 9.47 Å². The molecule has 0 spiro atoms. The summed E-state index contributed by atoms with van der Waals surface area (Å²) in [5.74, 6) is 0.103. The van der Waals surface area contributed by atoms with Gasteiger partial charge in [-0.1, -0.05) is 61.9 Å². The Morgan fingerprint density at radius 2 is 1.41 bits per heavy atom. The quantitative estimate of drug-likeness (QED) is 0.261. The summed E-state index contributed by atoms with van der Waals surface area (Å²) in [7, 11) is 0. The number of alkyl halides is 1. The zero-order valence-electron chi connectivity index (χ0n) is 24.7. The van der Waals surface area contributed by atoms with Gasteiger partial charge in [0.1, 0.15) is 11.2 Å². The van der Waals surface area contributed by atoms with Gasteiger partial charge in [0.05, 0.1) is 18.7 Å². The maximum Gasteiger partial charge on any atom is 0.410 e. The van der Waals surface area contributed by atoms with Crippen LogP contribution < -0.4 is 0 Å². The number of rotatable bonds is 7. The van der Waals surface area contributed by atoms with Crippen molar-refractivity contribution < 1.29 is 29.0 Å². The van der Waals surface area contributed by atoms with Gasteiger partial charge in [-0.25, -0.2) is 9.59 Å². The Balaban J connectivity index is 0.000000594. The summed E-state index contributed by atoms with van der Waals surface area (Å²) in [5.41, 5.74) is -1.66. The van der Waals surface area contributed by atoms with Gasteiger partial charge in [0.25, 0.3) is 0 Å². The van der Waals surface area contributed by atoms with Crippen LogP contribution in [0.15, 0.2) is 0 Å². The standard InChI is InChI=1S/C14H27NO3.C9H15NO3.C5H11Br/c1-5-6-7-8-14(17)9-10-15(11-14)12(16)18-13(2,3)4;1-9(2,3)13-8(12)10-5-4-7(11)6-10;1-2-3-4-5-6/h17H,5-11H2,1-4H3;4-6H2,1-3H3;2-5H2,1H3. The maximum absolute atomic E-state index is 11.9. The number of β-amino-alcohol motifs (C(OH)–C–C–N with tert-alkyl or cyclic N) is 1. The lowest BCUT2D eigenvalue weighted by Gasteiger charge is -2.26. The lowest BCUT2D eigenvalue weighted by atomic mass is 9.95. The summed E-state index contributed by atoms with van der Waals surface area (Å²) in [4.78, 5) is 37.2. The minimum Gasteiger partial charge on any atom is -0.444 e. The summed E-state index contributed by atoms with van der Waals surface area (Å²) in [6.45, 7) is 17.0. The molecule has 1 unspecified atom stereocenters. The Labute approximate surface area is 233 Å². The predicted molar refractivity (Wildman–Crippen MR) is 152 cm³/mol. The van der Waals surface area contributed by atoms with E-state index >= 15 is 0 Å². The van der Waals surface area contributed by atoms with Crippen molar-refractivity contribution in [1.29, 1.82) is 0 Å². The van der Waals surface area contributed by atoms with Crippen LogP contribution in [0.4, 0.5) is 9.59 Å². The summed E-state index contributed by atoms with van der Waals surface area (Å²) >= 11 is 3.35. The average Bonchev–Trinajstić information content (AvgIpc) is 3.37. The van der Waals surface area contributed by atoms with E-state index in [1.165, 1.54) is 29.5 Å². The van der Waals surface area contributed by atoms with E-state index in [0.29, 0.717) is 32.5 Å². The second-order valence-electron chi connectivity index (χ2n) is 11.9. The smallest absolute Gasteiger partial charge is 0.410 e. The van der Waals surface area contributed by atoms with Gasteiger partial charge >= 0.3 is 12.2 Å². The highest BCUT2D eigenvalue weighted by atomic mass is 79.9. The van der Waals surface area contributed by atoms with Crippen LogP contribution in [0.5, 0.6) is 0 Å². The first kappa shape index (κ1) is 35.6. The average molecular weight is 594 g/mol. The third kappa shape index (κ3) is 17.7. The van der Waals surface area contributed by atoms with Gasteiger partial charge < -0.3 is 24.4 Å². The van der Waals surface area contributed by atoms with Gasteiger partial charge in [0.2, 0.25) is 0 Å². The molecule has 0 radical (unpaired) electrons. The van der Waals surface area contributed by atoms with E-state index in [-0.39, 0.29) is 18.4 Å². The number of Topliss-reactive ketones (excluding diaryl/α,β-unsaturated/α-hetero) is 1. The third-order valence-electron chi connectivity index (χ3n) is 5.65. The van der Waals surface area contributed by atoms with Gasteiger partial charge in [-0.2, -0.15) is 0 Å². The van der Waals surface area contributed by atoms with Crippen molar-refractivity contribution in [3.05, 3.63) is 0 Å². The van der Waals surface area contributed by atoms with Crippen molar-refractivity contribution in [1.82, 2.24) is 9.80 Å². The number of amides is 2. The summed E-state index contributed by atoms with van der Waals surface area (Å²) in [6, 6.07) is 0. The molecule has 2 heterocycles. The first-order chi connectivity index (χ1) is 17.1. The third-order valence-corrected chi connectivity index (χ3v) is 6.21. The highest BCUT2D eigenvalue weighted by Crippen LogP contribution is 2.28. The summed E-state index contributed by atoms with van der Waals surface area (Å²) in [6.07, 6.45) is 8.52. The molecule has 2 fully saturated rings. The predicted octanol–water partition coefficient (Wildman–Crippen LogP) is 6.71. The topological polar surface area (TPSA) is 96.4 Å². The minimum atomic E-state index is -0.702. The number of halogens is 1. The van der Waals surface area contributed by atoms with E-state index in [1.54, 1.807) is 4.90 Å². The number of aliphatic hydroxyl groups is 1. The van der Waals surface area contributed by atoms with E-state index in [2.05, 4.69) is 29.8 Å². The van der Waals surface area contributed by atoms with Crippen LogP contribution in [-0.4, -0.2) is 81.2 Å². The number of hydrogen-bond acceptors (Lipinski definition) is 6. The van der Waals surface area contributed by atoms with Crippen molar-refractivity contribution in [2.75, 3.05) is 31.5 Å². The van der Waals surface area contributed by atoms with Crippen LogP contribution in [0.2, 0.25) is 0 Å². The molecule has 8 nitrogen and oxygen atoms in total. The number of likely N-dealkylation sites (tertiary alicyclic amines) is 2. The molecule has 0 bridgehead atoms. The molecule has 0 aromatic rings. The van der Waals surface area contributed by atoms with Crippen molar-refractivity contribution in [2.24, 2.45) is 0 Å². The fourth-order valence-corrected chi connectivity index (χ4v) is 4.10. The highest BCUT2D eigenvalue weighted by Gasteiger charge is 2.39. The highest BCUT2D eigenvalue weighted by molar-refractivity contribution is 9.09. The molecule has 0 aromatic heterocycles. The molecule has 2 aliphatic heterocycles. The van der Waals surface area contributed by atoms with Gasteiger partial charge in [-0.3, -0.25) is 4.79 Å². The normalized spacial score (nSPS) is 19.6. The largest absolute Gasteiger partial charge is 0.444 e. The van der Waals surface area contributed by atoms with Gasteiger partial charge in [-0.05, 0) is 60.8 Å². The zero-order valence-corrected chi connectivity index (χ0v) is 26.2. The summed E-state index contributed by atoms with van der Waals surface area (Å²) in [5, 5.41) is 11.6. The molecule has 0 aromatic carbocycles. The van der Waals surface area contributed by atoms with Crippen LogP contribution in [0.25, 0.3) is 0 Å². The lowest BCUT2D eigenvalue weighted by molar-refractivity contribution is -0.117. The second kappa shape index (κ2) is 17.3. The number of carbonyl (C=O) groups is 3. The number of ether oxygens (including phenoxy) is 2. The Kier molecular flexibility index (Phi) is 16.6. The number of hydrogen-bond donors (Lipinski definition) is 1. The zero-order chi connectivity index (χ0) is 28.7. The lowest BCUT2D eigenvalue weighted by Crippen LogP contribution is -2.39. The minimum absolute atomic E-state index is 0.103. The molecule has 1 N–H and O–H groups in total. The molecule has 37 heavy (non-hydrogen) atoms. The Morgan fingerprint density at radius 3 is 1.81 bits per heavy atom. The van der Waals surface area contributed by atoms with Crippen LogP contribution >= 0.6 is 15.9 Å². The van der Waals surface area contributed by atoms with Gasteiger partial charge in [-0.15, -0.1) is 0 Å². The van der Waals surface area contributed by atoms with Crippen LogP contribution in [0.1, 0.15) is 113 Å². The number of ketones is 1. The molecule has 2 amide bonds. The first-order valence-corrected chi connectivity index (χ1v) is 14.9. The summed E-state index contributed by atoms with van der Waals surface area (Å²) < 4.78 is 10.4. The molecule has 0 aliphatic carbocycles. The molecule has 1 atom stereocenters. The Hall–Kier alpha value is -1.35. The fraction of sp³-hybridized carbons (Fsp3) is 0.893. The van der Waals surface area contributed by atoms with Crippen molar-refractivity contribution >= 4 is 33.9 Å². The molecule has 0 saturated carbocycles. The molecular formula is C28H53BrN2O6. The van der Waals surface area contributed by atoms with Crippen LogP contribution in [-0.2, 0) is 14.3 Å². The Morgan fingerprint density at radius 1 is 0.892 bits per heavy atom. The number of carbonyl (C=O) groups excluding carboxylic acids is 3. The van der Waals surface area contributed by atoms with E-state index in [9.17, 15) is 19.5 Å². The van der Waals surface area contributed by atoms with Crippen LogP contribution in [0.3, 0.4) is 0 Å². The molecular weight excluding hydrogens is 540 g/mol. The first-order valence-electron chi connectivity index (χ1n) is 13.8. The fourth-order valence-electron chi connectivity index (χ4n) is 3.70. The van der Waals surface area contributed by atoms with Gasteiger partial charge in [0.15, 0.2) is 5.78 Å². The Bertz CT molecular complexity index is 685. The van der Waals surface area contributed by atoms with Crippen molar-refractivity contribution in [3.63, 3.8) is 0 Å². The van der Waals surface area contributed by atoms with Crippen molar-refractivity contribution in [3.8, 4) is 0 Å². The van der Waals surface area contributed by atoms with E-state index in [0.717, 1.165) is 25.7 Å². The van der Waals surface area contributed by atoms with E-state index in [1.807, 2.05) is 41.5 Å². The molecule has 2 rings (SSSR count). The SMILES string of the molecule is CC(C)(C)OC(=O)N1CCC(=O)C1.CCCCCBr.CCCCCC1(O)CCN(C(=O)OC(C)(C)C)C1. The maximum atomic E-state index is 11.9. The number of unbranched alkanes of at least 4 members (excludes halogenated alkanes) is 4. The molecule has 2 aliphatic rings. The number of nitrogens with zero attached hydrogens (tertiary/aromatic N) is 2. The molecule has 218 valence electrons. The van der Waals surface area contributed by atoms with Gasteiger partial charge in [0, 0.05) is 24.8 Å². The monoisotopic (exact) mass is 592 g/mol. The molecule has 9 heteroatoms. The van der Waals surface area contributed by atoms with E-state index < -0.39 is 22.9 Å². The molecule has 2 saturated heterocycles. The van der Waals surface area contributed by atoms with Crippen LogP contribution in [0, 0.1) is 0 Å². The second-order valence-corrected chi connectivity index (χ2v) is 12.7.